The van der Waals surface area contributed by atoms with Crippen molar-refractivity contribution >= 4 is 17.3 Å². The zero-order valence-corrected chi connectivity index (χ0v) is 11.6. The van der Waals surface area contributed by atoms with Crippen molar-refractivity contribution in [1.82, 2.24) is 0 Å². The van der Waals surface area contributed by atoms with E-state index in [9.17, 15) is 4.79 Å². The van der Waals surface area contributed by atoms with Crippen LogP contribution in [0.2, 0.25) is 0 Å². The molecule has 20 heavy (non-hydrogen) atoms. The number of hydrogen-bond acceptors (Lipinski definition) is 3. The number of benzene rings is 1. The Morgan fingerprint density at radius 1 is 1.20 bits per heavy atom. The quantitative estimate of drug-likeness (QED) is 0.929. The first kappa shape index (κ1) is 12.8. The Balaban J connectivity index is 1.83. The third-order valence-corrected chi connectivity index (χ3v) is 3.75. The summed E-state index contributed by atoms with van der Waals surface area (Å²) in [6.07, 6.45) is 3.98. The van der Waals surface area contributed by atoms with Gasteiger partial charge in [-0.2, -0.15) is 0 Å². The summed E-state index contributed by atoms with van der Waals surface area (Å²) in [5, 5.41) is 2.92. The van der Waals surface area contributed by atoms with Gasteiger partial charge in [-0.1, -0.05) is 6.07 Å². The SMILES string of the molecule is Cc1c(NC(=O)c2ccco2)cccc1N1CCCC1. The molecule has 0 bridgehead atoms. The molecule has 0 spiro atoms. The van der Waals surface area contributed by atoms with Crippen molar-refractivity contribution in [2.45, 2.75) is 19.8 Å². The van der Waals surface area contributed by atoms with E-state index in [1.807, 2.05) is 19.1 Å². The van der Waals surface area contributed by atoms with Crippen LogP contribution in [0.1, 0.15) is 29.0 Å². The number of rotatable bonds is 3. The third kappa shape index (κ3) is 2.41. The van der Waals surface area contributed by atoms with Gasteiger partial charge in [0, 0.05) is 24.5 Å². The van der Waals surface area contributed by atoms with Crippen LogP contribution in [-0.2, 0) is 0 Å². The van der Waals surface area contributed by atoms with E-state index in [4.69, 9.17) is 4.42 Å². The Kier molecular flexibility index (Phi) is 3.46. The molecule has 1 aliphatic rings. The standard InChI is InChI=1S/C16H18N2O2/c1-12-13(17-16(19)15-8-5-11-20-15)6-4-7-14(12)18-9-2-3-10-18/h4-8,11H,2-3,9-10H2,1H3,(H,17,19). The summed E-state index contributed by atoms with van der Waals surface area (Å²) in [6.45, 7) is 4.23. The van der Waals surface area contributed by atoms with Gasteiger partial charge in [0.2, 0.25) is 0 Å². The van der Waals surface area contributed by atoms with E-state index in [0.29, 0.717) is 5.76 Å². The van der Waals surface area contributed by atoms with Gasteiger partial charge in [0.25, 0.3) is 5.91 Å². The van der Waals surface area contributed by atoms with E-state index in [2.05, 4.69) is 16.3 Å². The fraction of sp³-hybridized carbons (Fsp3) is 0.312. The Hall–Kier alpha value is -2.23. The molecule has 2 heterocycles. The molecule has 0 aliphatic carbocycles. The number of carbonyl (C=O) groups excluding carboxylic acids is 1. The topological polar surface area (TPSA) is 45.5 Å². The minimum Gasteiger partial charge on any atom is -0.459 e. The van der Waals surface area contributed by atoms with Crippen LogP contribution in [0.25, 0.3) is 0 Å². The Morgan fingerprint density at radius 2 is 2.00 bits per heavy atom. The van der Waals surface area contributed by atoms with Crippen molar-refractivity contribution in [3.05, 3.63) is 47.9 Å². The molecule has 3 rings (SSSR count). The molecule has 1 saturated heterocycles. The smallest absolute Gasteiger partial charge is 0.291 e. The van der Waals surface area contributed by atoms with Crippen molar-refractivity contribution in [3.8, 4) is 0 Å². The summed E-state index contributed by atoms with van der Waals surface area (Å²) in [5.74, 6) is 0.118. The van der Waals surface area contributed by atoms with E-state index in [0.717, 1.165) is 24.3 Å². The molecule has 104 valence electrons. The number of hydrogen-bond donors (Lipinski definition) is 1. The van der Waals surface area contributed by atoms with Crippen molar-refractivity contribution < 1.29 is 9.21 Å². The Labute approximate surface area is 118 Å². The van der Waals surface area contributed by atoms with Gasteiger partial charge >= 0.3 is 0 Å². The molecule has 0 atom stereocenters. The Morgan fingerprint density at radius 3 is 2.70 bits per heavy atom. The summed E-state index contributed by atoms with van der Waals surface area (Å²) >= 11 is 0. The molecular weight excluding hydrogens is 252 g/mol. The third-order valence-electron chi connectivity index (χ3n) is 3.75. The predicted molar refractivity (Wildman–Crippen MR) is 79.3 cm³/mol. The molecule has 4 nitrogen and oxygen atoms in total. The van der Waals surface area contributed by atoms with Crippen LogP contribution in [0.3, 0.4) is 0 Å². The zero-order valence-electron chi connectivity index (χ0n) is 11.6. The maximum Gasteiger partial charge on any atom is 0.291 e. The molecule has 0 radical (unpaired) electrons. The average molecular weight is 270 g/mol. The molecule has 1 aromatic heterocycles. The van der Waals surface area contributed by atoms with Crippen LogP contribution in [0.4, 0.5) is 11.4 Å². The normalized spacial score (nSPS) is 14.6. The van der Waals surface area contributed by atoms with E-state index in [-0.39, 0.29) is 5.91 Å². The molecule has 1 aromatic carbocycles. The van der Waals surface area contributed by atoms with Gasteiger partial charge in [-0.05, 0) is 49.6 Å². The monoisotopic (exact) mass is 270 g/mol. The molecule has 2 aromatic rings. The minimum absolute atomic E-state index is 0.211. The molecule has 0 unspecified atom stereocenters. The van der Waals surface area contributed by atoms with Crippen LogP contribution in [0, 0.1) is 6.92 Å². The van der Waals surface area contributed by atoms with Gasteiger partial charge in [-0.15, -0.1) is 0 Å². The first-order valence-corrected chi connectivity index (χ1v) is 6.95. The van der Waals surface area contributed by atoms with Gasteiger partial charge in [-0.3, -0.25) is 4.79 Å². The van der Waals surface area contributed by atoms with E-state index >= 15 is 0 Å². The van der Waals surface area contributed by atoms with Crippen LogP contribution in [-0.4, -0.2) is 19.0 Å². The van der Waals surface area contributed by atoms with E-state index < -0.39 is 0 Å². The Bertz CT molecular complexity index is 599. The molecule has 1 amide bonds. The van der Waals surface area contributed by atoms with Crippen LogP contribution in [0.5, 0.6) is 0 Å². The molecule has 4 heteroatoms. The van der Waals surface area contributed by atoms with E-state index in [1.54, 1.807) is 12.1 Å². The maximum atomic E-state index is 12.0. The highest BCUT2D eigenvalue weighted by atomic mass is 16.3. The van der Waals surface area contributed by atoms with Gasteiger partial charge in [0.15, 0.2) is 5.76 Å². The maximum absolute atomic E-state index is 12.0. The fourth-order valence-corrected chi connectivity index (χ4v) is 2.65. The van der Waals surface area contributed by atoms with Crippen molar-refractivity contribution in [2.24, 2.45) is 0 Å². The summed E-state index contributed by atoms with van der Waals surface area (Å²) in [6, 6.07) is 9.40. The molecule has 1 N–H and O–H groups in total. The molecule has 1 aliphatic heterocycles. The van der Waals surface area contributed by atoms with Crippen molar-refractivity contribution in [1.29, 1.82) is 0 Å². The van der Waals surface area contributed by atoms with E-state index in [1.165, 1.54) is 24.8 Å². The van der Waals surface area contributed by atoms with Gasteiger partial charge in [-0.25, -0.2) is 0 Å². The lowest BCUT2D eigenvalue weighted by atomic mass is 10.1. The zero-order chi connectivity index (χ0) is 13.9. The molecule has 1 fully saturated rings. The lowest BCUT2D eigenvalue weighted by Gasteiger charge is -2.21. The highest BCUT2D eigenvalue weighted by Crippen LogP contribution is 2.29. The van der Waals surface area contributed by atoms with Gasteiger partial charge < -0.3 is 14.6 Å². The number of anilines is 2. The lowest BCUT2D eigenvalue weighted by molar-refractivity contribution is 0.0996. The van der Waals surface area contributed by atoms with Crippen LogP contribution in [0.15, 0.2) is 41.0 Å². The lowest BCUT2D eigenvalue weighted by Crippen LogP contribution is -2.20. The number of nitrogens with one attached hydrogen (secondary N) is 1. The molecule has 0 saturated carbocycles. The van der Waals surface area contributed by atoms with Gasteiger partial charge in [0.05, 0.1) is 6.26 Å². The van der Waals surface area contributed by atoms with Crippen molar-refractivity contribution in [2.75, 3.05) is 23.3 Å². The summed E-state index contributed by atoms with van der Waals surface area (Å²) in [4.78, 5) is 14.4. The second kappa shape index (κ2) is 5.41. The summed E-state index contributed by atoms with van der Waals surface area (Å²) < 4.78 is 5.11. The molecular formula is C16H18N2O2. The fourth-order valence-electron chi connectivity index (χ4n) is 2.65. The first-order valence-electron chi connectivity index (χ1n) is 6.95. The highest BCUT2D eigenvalue weighted by molar-refractivity contribution is 6.03. The number of nitrogens with zero attached hydrogens (tertiary/aromatic N) is 1. The average Bonchev–Trinajstić information content (AvgIpc) is 3.14. The van der Waals surface area contributed by atoms with Crippen LogP contribution < -0.4 is 10.2 Å². The first-order chi connectivity index (χ1) is 9.75. The van der Waals surface area contributed by atoms with Crippen molar-refractivity contribution in [3.63, 3.8) is 0 Å². The minimum atomic E-state index is -0.211. The second-order valence-corrected chi connectivity index (χ2v) is 5.08. The predicted octanol–water partition coefficient (Wildman–Crippen LogP) is 3.44. The highest BCUT2D eigenvalue weighted by Gasteiger charge is 2.17. The summed E-state index contributed by atoms with van der Waals surface area (Å²) in [7, 11) is 0. The summed E-state index contributed by atoms with van der Waals surface area (Å²) in [5.41, 5.74) is 3.16. The second-order valence-electron chi connectivity index (χ2n) is 5.08. The largest absolute Gasteiger partial charge is 0.459 e. The number of carbonyl (C=O) groups is 1. The van der Waals surface area contributed by atoms with Crippen LogP contribution >= 0.6 is 0 Å². The number of furan rings is 1. The number of amides is 1. The van der Waals surface area contributed by atoms with Gasteiger partial charge in [0.1, 0.15) is 0 Å².